The first kappa shape index (κ1) is 24.7. The first-order valence-corrected chi connectivity index (χ1v) is 12.7. The summed E-state index contributed by atoms with van der Waals surface area (Å²) >= 11 is 3.27. The normalized spacial score (nSPS) is 15.3. The van der Waals surface area contributed by atoms with Crippen LogP contribution in [0.15, 0.2) is 89.8 Å². The van der Waals surface area contributed by atoms with Crippen molar-refractivity contribution in [1.29, 1.82) is 0 Å². The van der Waals surface area contributed by atoms with Crippen LogP contribution < -0.4 is 4.72 Å². The Hall–Kier alpha value is -3.41. The van der Waals surface area contributed by atoms with E-state index in [-0.39, 0.29) is 34.9 Å². The number of furan rings is 2. The van der Waals surface area contributed by atoms with Gasteiger partial charge in [-0.15, -0.1) is 0 Å². The lowest BCUT2D eigenvalue weighted by Crippen LogP contribution is -2.24. The summed E-state index contributed by atoms with van der Waals surface area (Å²) in [5, 5.41) is 0. The van der Waals surface area contributed by atoms with Crippen LogP contribution in [-0.2, 0) is 37.4 Å². The third kappa shape index (κ3) is 5.31. The van der Waals surface area contributed by atoms with E-state index >= 15 is 0 Å². The van der Waals surface area contributed by atoms with Gasteiger partial charge in [-0.1, -0.05) is 15.9 Å². The van der Waals surface area contributed by atoms with Crippen molar-refractivity contribution in [2.45, 2.75) is 24.9 Å². The third-order valence-corrected chi connectivity index (χ3v) is 7.27. The minimum absolute atomic E-state index is 0.0984. The van der Waals surface area contributed by atoms with Crippen molar-refractivity contribution in [1.82, 2.24) is 9.62 Å². The van der Waals surface area contributed by atoms with E-state index in [1.54, 1.807) is 43.3 Å². The van der Waals surface area contributed by atoms with E-state index in [0.717, 1.165) is 4.47 Å². The second-order valence-corrected chi connectivity index (χ2v) is 10.2. The van der Waals surface area contributed by atoms with E-state index in [1.165, 1.54) is 36.5 Å². The van der Waals surface area contributed by atoms with Gasteiger partial charge >= 0.3 is 5.97 Å². The van der Waals surface area contributed by atoms with E-state index in [2.05, 4.69) is 20.7 Å². The Morgan fingerprint density at radius 2 is 1.89 bits per heavy atom. The lowest BCUT2D eigenvalue weighted by Gasteiger charge is -2.15. The van der Waals surface area contributed by atoms with Gasteiger partial charge in [-0.25, -0.2) is 17.9 Å². The molecule has 0 saturated heterocycles. The maximum absolute atomic E-state index is 13.2. The summed E-state index contributed by atoms with van der Waals surface area (Å²) in [5.74, 6) is 0.101. The monoisotopic (exact) mass is 560 g/mol. The van der Waals surface area contributed by atoms with Crippen LogP contribution in [0.3, 0.4) is 0 Å². The molecule has 0 spiro atoms. The Balaban J connectivity index is 1.54. The number of sulfonamides is 1. The Kier molecular flexibility index (Phi) is 7.10. The molecule has 4 rings (SSSR count). The maximum Gasteiger partial charge on any atom is 0.340 e. The van der Waals surface area contributed by atoms with Crippen LogP contribution in [0.1, 0.15) is 24.2 Å². The number of hydrogen-bond acceptors (Lipinski definition) is 7. The molecule has 1 amide bonds. The van der Waals surface area contributed by atoms with Crippen molar-refractivity contribution in [3.63, 3.8) is 0 Å². The van der Waals surface area contributed by atoms with Crippen molar-refractivity contribution < 1.29 is 31.6 Å². The van der Waals surface area contributed by atoms with Gasteiger partial charge in [-0.2, -0.15) is 0 Å². The highest BCUT2D eigenvalue weighted by atomic mass is 79.9. The summed E-state index contributed by atoms with van der Waals surface area (Å²) in [7, 11) is -2.51. The number of esters is 1. The summed E-state index contributed by atoms with van der Waals surface area (Å²) in [5.41, 5.74) is 0.661. The summed E-state index contributed by atoms with van der Waals surface area (Å²) in [6.45, 7) is 1.70. The number of nitrogens with one attached hydrogen (secondary N) is 1. The fourth-order valence-corrected chi connectivity index (χ4v) is 4.81. The van der Waals surface area contributed by atoms with E-state index in [4.69, 9.17) is 13.6 Å². The Labute approximate surface area is 210 Å². The van der Waals surface area contributed by atoms with Gasteiger partial charge in [0.05, 0.1) is 42.5 Å². The van der Waals surface area contributed by atoms with Crippen molar-refractivity contribution in [2.75, 3.05) is 7.11 Å². The topological polar surface area (TPSA) is 119 Å². The van der Waals surface area contributed by atoms with Crippen LogP contribution in [0, 0.1) is 0 Å². The lowest BCUT2D eigenvalue weighted by molar-refractivity contribution is -0.136. The number of halogens is 1. The minimum Gasteiger partial charge on any atom is -0.467 e. The number of methoxy groups -OCH3 is 1. The van der Waals surface area contributed by atoms with Gasteiger partial charge in [0.15, 0.2) is 0 Å². The summed E-state index contributed by atoms with van der Waals surface area (Å²) in [4.78, 5) is 27.2. The van der Waals surface area contributed by atoms with Crippen molar-refractivity contribution in [3.8, 4) is 0 Å². The van der Waals surface area contributed by atoms with Gasteiger partial charge in [0.25, 0.3) is 5.91 Å². The molecule has 0 saturated carbocycles. The zero-order valence-corrected chi connectivity index (χ0v) is 21.2. The van der Waals surface area contributed by atoms with Crippen molar-refractivity contribution in [2.24, 2.45) is 0 Å². The molecule has 0 aliphatic carbocycles. The fourth-order valence-electron chi connectivity index (χ4n) is 3.55. The van der Waals surface area contributed by atoms with Gasteiger partial charge < -0.3 is 18.5 Å². The smallest absolute Gasteiger partial charge is 0.340 e. The largest absolute Gasteiger partial charge is 0.467 e. The number of amides is 1. The number of carbonyl (C=O) groups excluding carboxylic acids is 2. The predicted molar refractivity (Wildman–Crippen MR) is 129 cm³/mol. The molecule has 0 radical (unpaired) electrons. The molecule has 182 valence electrons. The Bertz CT molecular complexity index is 1420. The molecule has 1 aromatic carbocycles. The van der Waals surface area contributed by atoms with Crippen LogP contribution in [0.2, 0.25) is 0 Å². The molecule has 0 fully saturated rings. The molecule has 1 aliphatic rings. The molecule has 11 heteroatoms. The highest BCUT2D eigenvalue weighted by Crippen LogP contribution is 2.33. The molecule has 0 bridgehead atoms. The fraction of sp³-hybridized carbons (Fsp3) is 0.167. The molecule has 0 atom stereocenters. The van der Waals surface area contributed by atoms with Crippen LogP contribution >= 0.6 is 15.9 Å². The maximum atomic E-state index is 13.2. The molecule has 35 heavy (non-hydrogen) atoms. The minimum atomic E-state index is -3.74. The number of benzene rings is 1. The van der Waals surface area contributed by atoms with Crippen LogP contribution in [-0.4, -0.2) is 32.3 Å². The molecule has 3 aromatic rings. The number of ether oxygens (including phenoxy) is 1. The van der Waals surface area contributed by atoms with E-state index in [1.807, 2.05) is 0 Å². The summed E-state index contributed by atoms with van der Waals surface area (Å²) in [6.07, 6.45) is 2.94. The number of rotatable bonds is 8. The average Bonchev–Trinajstić information content (AvgIpc) is 3.56. The molecular weight excluding hydrogens is 540 g/mol. The molecule has 2 aromatic heterocycles. The average molecular weight is 561 g/mol. The summed E-state index contributed by atoms with van der Waals surface area (Å²) in [6, 6.07) is 12.8. The predicted octanol–water partition coefficient (Wildman–Crippen LogP) is 3.99. The van der Waals surface area contributed by atoms with Gasteiger partial charge in [0.1, 0.15) is 17.3 Å². The highest BCUT2D eigenvalue weighted by Gasteiger charge is 2.37. The quantitative estimate of drug-likeness (QED) is 0.326. The first-order valence-electron chi connectivity index (χ1n) is 10.4. The Morgan fingerprint density at radius 1 is 1.14 bits per heavy atom. The molecule has 1 aliphatic heterocycles. The first-order chi connectivity index (χ1) is 16.7. The van der Waals surface area contributed by atoms with Crippen molar-refractivity contribution >= 4 is 43.9 Å². The number of allylic oxidation sites excluding steroid dienone is 1. The van der Waals surface area contributed by atoms with Crippen LogP contribution in [0.4, 0.5) is 0 Å². The lowest BCUT2D eigenvalue weighted by atomic mass is 10.1. The summed E-state index contributed by atoms with van der Waals surface area (Å²) < 4.78 is 44.2. The standard InChI is InChI=1S/C24H21BrN2O7S/c1-15-22(24(29)32-2)21(23(28)27(15)14-19-4-3-11-33-19)12-17-7-8-18(34-17)13-26-35(30,31)20-9-5-16(25)6-10-20/h3-12,26H,13-14H2,1-2H3/b21-12-. The zero-order valence-electron chi connectivity index (χ0n) is 18.8. The molecular formula is C24H21BrN2O7S. The number of carbonyl (C=O) groups is 2. The highest BCUT2D eigenvalue weighted by molar-refractivity contribution is 9.10. The molecule has 9 nitrogen and oxygen atoms in total. The zero-order chi connectivity index (χ0) is 25.2. The van der Waals surface area contributed by atoms with Crippen molar-refractivity contribution in [3.05, 3.63) is 93.4 Å². The SMILES string of the molecule is COC(=O)C1=C(C)N(Cc2ccco2)C(=O)/C1=C\c1ccc(CNS(=O)(=O)c2ccc(Br)cc2)o1. The molecule has 3 heterocycles. The van der Waals surface area contributed by atoms with E-state index < -0.39 is 21.9 Å². The molecule has 1 N–H and O–H groups in total. The number of hydrogen-bond donors (Lipinski definition) is 1. The second kappa shape index (κ2) is 10.1. The van der Waals surface area contributed by atoms with Gasteiger partial charge in [-0.3, -0.25) is 4.79 Å². The van der Waals surface area contributed by atoms with Gasteiger partial charge in [0, 0.05) is 10.2 Å². The number of nitrogens with zero attached hydrogens (tertiary/aromatic N) is 1. The second-order valence-electron chi connectivity index (χ2n) is 7.56. The van der Waals surface area contributed by atoms with Gasteiger partial charge in [0.2, 0.25) is 10.0 Å². The molecule has 0 unspecified atom stereocenters. The van der Waals surface area contributed by atoms with Gasteiger partial charge in [-0.05, 0) is 61.5 Å². The van der Waals surface area contributed by atoms with E-state index in [0.29, 0.717) is 17.2 Å². The van der Waals surface area contributed by atoms with Crippen LogP contribution in [0.25, 0.3) is 6.08 Å². The van der Waals surface area contributed by atoms with Crippen LogP contribution in [0.5, 0.6) is 0 Å². The Morgan fingerprint density at radius 3 is 2.54 bits per heavy atom. The van der Waals surface area contributed by atoms with E-state index in [9.17, 15) is 18.0 Å². The third-order valence-electron chi connectivity index (χ3n) is 5.32.